The summed E-state index contributed by atoms with van der Waals surface area (Å²) in [5.41, 5.74) is 7.85. The van der Waals surface area contributed by atoms with Gasteiger partial charge in [0.1, 0.15) is 5.82 Å². The summed E-state index contributed by atoms with van der Waals surface area (Å²) in [7, 11) is 1.72. The third kappa shape index (κ3) is 2.93. The lowest BCUT2D eigenvalue weighted by atomic mass is 10.1. The molecule has 19 heavy (non-hydrogen) atoms. The number of imidazole rings is 1. The van der Waals surface area contributed by atoms with Crippen LogP contribution in [0, 0.1) is 0 Å². The van der Waals surface area contributed by atoms with Crippen LogP contribution in [0.2, 0.25) is 0 Å². The minimum atomic E-state index is 0.270. The Hall–Kier alpha value is -1.88. The van der Waals surface area contributed by atoms with Gasteiger partial charge in [-0.2, -0.15) is 0 Å². The number of pyridine rings is 1. The maximum Gasteiger partial charge on any atom is 0.132 e. The number of nitrogens with two attached hydrogens (primary N) is 1. The third-order valence-corrected chi connectivity index (χ3v) is 3.15. The van der Waals surface area contributed by atoms with Gasteiger partial charge >= 0.3 is 0 Å². The van der Waals surface area contributed by atoms with Crippen LogP contribution in [0.25, 0.3) is 11.3 Å². The van der Waals surface area contributed by atoms with Crippen molar-refractivity contribution in [1.82, 2.24) is 14.5 Å². The second-order valence-corrected chi connectivity index (χ2v) is 4.52. The van der Waals surface area contributed by atoms with Crippen molar-refractivity contribution in [2.45, 2.75) is 25.8 Å². The standard InChI is InChI=1S/C14H20N4O/c1-3-5-11(9-19-2)18-10-16-8-13(18)12-6-4-7-17-14(12)15/h4,6-8,10-11H,3,5,9H2,1-2H3,(H2,15,17). The maximum atomic E-state index is 5.95. The van der Waals surface area contributed by atoms with E-state index in [-0.39, 0.29) is 6.04 Å². The Balaban J connectivity index is 2.38. The summed E-state index contributed by atoms with van der Waals surface area (Å²) < 4.78 is 7.43. The Bertz CT molecular complexity index is 518. The van der Waals surface area contributed by atoms with Gasteiger partial charge in [0.15, 0.2) is 0 Å². The average Bonchev–Trinajstić information content (AvgIpc) is 2.88. The van der Waals surface area contributed by atoms with Gasteiger partial charge in [-0.15, -0.1) is 0 Å². The number of anilines is 1. The first-order valence-corrected chi connectivity index (χ1v) is 6.49. The van der Waals surface area contributed by atoms with Crippen molar-refractivity contribution in [3.05, 3.63) is 30.9 Å². The van der Waals surface area contributed by atoms with Gasteiger partial charge < -0.3 is 15.0 Å². The molecule has 2 aromatic rings. The normalized spacial score (nSPS) is 12.5. The fourth-order valence-corrected chi connectivity index (χ4v) is 2.27. The van der Waals surface area contributed by atoms with Gasteiger partial charge in [0, 0.05) is 18.9 Å². The molecule has 102 valence electrons. The largest absolute Gasteiger partial charge is 0.383 e. The summed E-state index contributed by atoms with van der Waals surface area (Å²) in [6, 6.07) is 4.12. The zero-order chi connectivity index (χ0) is 13.7. The summed E-state index contributed by atoms with van der Waals surface area (Å²) >= 11 is 0. The number of ether oxygens (including phenoxy) is 1. The zero-order valence-electron chi connectivity index (χ0n) is 11.4. The molecule has 0 aliphatic rings. The van der Waals surface area contributed by atoms with Gasteiger partial charge in [0.05, 0.1) is 30.9 Å². The molecule has 0 aliphatic heterocycles. The van der Waals surface area contributed by atoms with E-state index in [1.807, 2.05) is 24.7 Å². The molecular formula is C14H20N4O. The van der Waals surface area contributed by atoms with E-state index in [2.05, 4.69) is 21.5 Å². The predicted octanol–water partition coefficient (Wildman–Crippen LogP) is 2.51. The molecule has 0 radical (unpaired) electrons. The van der Waals surface area contributed by atoms with Crippen LogP contribution in [0.15, 0.2) is 30.9 Å². The van der Waals surface area contributed by atoms with Gasteiger partial charge in [-0.1, -0.05) is 13.3 Å². The number of nitrogens with zero attached hydrogens (tertiary/aromatic N) is 3. The highest BCUT2D eigenvalue weighted by Gasteiger charge is 2.16. The first kappa shape index (κ1) is 13.5. The van der Waals surface area contributed by atoms with Crippen molar-refractivity contribution < 1.29 is 4.74 Å². The van der Waals surface area contributed by atoms with Crippen molar-refractivity contribution in [2.75, 3.05) is 19.5 Å². The third-order valence-electron chi connectivity index (χ3n) is 3.15. The molecule has 0 bridgehead atoms. The minimum absolute atomic E-state index is 0.270. The van der Waals surface area contributed by atoms with E-state index in [1.54, 1.807) is 13.3 Å². The van der Waals surface area contributed by atoms with E-state index in [4.69, 9.17) is 10.5 Å². The number of hydrogen-bond donors (Lipinski definition) is 1. The van der Waals surface area contributed by atoms with Gasteiger partial charge in [-0.05, 0) is 18.6 Å². The fourth-order valence-electron chi connectivity index (χ4n) is 2.27. The van der Waals surface area contributed by atoms with E-state index >= 15 is 0 Å². The summed E-state index contributed by atoms with van der Waals surface area (Å²) in [4.78, 5) is 8.38. The van der Waals surface area contributed by atoms with Crippen molar-refractivity contribution in [3.8, 4) is 11.3 Å². The second kappa shape index (κ2) is 6.33. The molecule has 0 saturated carbocycles. The van der Waals surface area contributed by atoms with E-state index < -0.39 is 0 Å². The van der Waals surface area contributed by atoms with Gasteiger partial charge in [0.25, 0.3) is 0 Å². The quantitative estimate of drug-likeness (QED) is 0.866. The molecule has 5 nitrogen and oxygen atoms in total. The second-order valence-electron chi connectivity index (χ2n) is 4.52. The SMILES string of the molecule is CCCC(COC)n1cncc1-c1cccnc1N. The molecular weight excluding hydrogens is 240 g/mol. The molecule has 2 N–H and O–H groups in total. The van der Waals surface area contributed by atoms with E-state index in [1.165, 1.54) is 0 Å². The number of hydrogen-bond acceptors (Lipinski definition) is 4. The topological polar surface area (TPSA) is 66.0 Å². The highest BCUT2D eigenvalue weighted by Crippen LogP contribution is 2.27. The Kier molecular flexibility index (Phi) is 4.52. The van der Waals surface area contributed by atoms with Crippen molar-refractivity contribution in [3.63, 3.8) is 0 Å². The number of rotatable bonds is 6. The van der Waals surface area contributed by atoms with Crippen LogP contribution in [0.3, 0.4) is 0 Å². The number of methoxy groups -OCH3 is 1. The molecule has 0 aromatic carbocycles. The molecule has 2 aromatic heterocycles. The van der Waals surface area contributed by atoms with Crippen LogP contribution in [-0.2, 0) is 4.74 Å². The molecule has 2 heterocycles. The molecule has 0 fully saturated rings. The molecule has 0 spiro atoms. The first-order chi connectivity index (χ1) is 9.27. The summed E-state index contributed by atoms with van der Waals surface area (Å²) in [6.07, 6.45) is 7.48. The molecule has 1 unspecified atom stereocenters. The van der Waals surface area contributed by atoms with E-state index in [0.29, 0.717) is 12.4 Å². The maximum absolute atomic E-state index is 5.95. The Morgan fingerprint density at radius 2 is 2.32 bits per heavy atom. The fraction of sp³-hybridized carbons (Fsp3) is 0.429. The molecule has 0 aliphatic carbocycles. The van der Waals surface area contributed by atoms with Gasteiger partial charge in [0.2, 0.25) is 0 Å². The summed E-state index contributed by atoms with van der Waals surface area (Å²) in [6.45, 7) is 2.83. The average molecular weight is 260 g/mol. The molecule has 0 amide bonds. The predicted molar refractivity (Wildman–Crippen MR) is 75.7 cm³/mol. The van der Waals surface area contributed by atoms with Gasteiger partial charge in [-0.3, -0.25) is 0 Å². The van der Waals surface area contributed by atoms with Crippen LogP contribution >= 0.6 is 0 Å². The van der Waals surface area contributed by atoms with Crippen molar-refractivity contribution in [1.29, 1.82) is 0 Å². The number of aromatic nitrogens is 3. The molecule has 5 heteroatoms. The highest BCUT2D eigenvalue weighted by atomic mass is 16.5. The minimum Gasteiger partial charge on any atom is -0.383 e. The van der Waals surface area contributed by atoms with Crippen LogP contribution in [0.1, 0.15) is 25.8 Å². The molecule has 1 atom stereocenters. The Morgan fingerprint density at radius 1 is 1.47 bits per heavy atom. The van der Waals surface area contributed by atoms with Crippen LogP contribution in [0.5, 0.6) is 0 Å². The Labute approximate surface area is 113 Å². The van der Waals surface area contributed by atoms with E-state index in [0.717, 1.165) is 24.1 Å². The van der Waals surface area contributed by atoms with Crippen molar-refractivity contribution in [2.24, 2.45) is 0 Å². The smallest absolute Gasteiger partial charge is 0.132 e. The first-order valence-electron chi connectivity index (χ1n) is 6.49. The van der Waals surface area contributed by atoms with Crippen LogP contribution in [0.4, 0.5) is 5.82 Å². The lowest BCUT2D eigenvalue weighted by Crippen LogP contribution is -2.15. The number of nitrogen functional groups attached to an aromatic ring is 1. The highest BCUT2D eigenvalue weighted by molar-refractivity contribution is 5.70. The molecule has 2 rings (SSSR count). The van der Waals surface area contributed by atoms with Crippen LogP contribution < -0.4 is 5.73 Å². The zero-order valence-corrected chi connectivity index (χ0v) is 11.4. The lowest BCUT2D eigenvalue weighted by Gasteiger charge is -2.20. The Morgan fingerprint density at radius 3 is 3.00 bits per heavy atom. The van der Waals surface area contributed by atoms with Crippen LogP contribution in [-0.4, -0.2) is 28.3 Å². The monoisotopic (exact) mass is 260 g/mol. The van der Waals surface area contributed by atoms with E-state index in [9.17, 15) is 0 Å². The lowest BCUT2D eigenvalue weighted by molar-refractivity contribution is 0.151. The van der Waals surface area contributed by atoms with Crippen molar-refractivity contribution >= 4 is 5.82 Å². The van der Waals surface area contributed by atoms with Gasteiger partial charge in [-0.25, -0.2) is 9.97 Å². The summed E-state index contributed by atoms with van der Waals surface area (Å²) in [5, 5.41) is 0. The molecule has 0 saturated heterocycles. The summed E-state index contributed by atoms with van der Waals surface area (Å²) in [5.74, 6) is 0.525.